The molecule has 1 aromatic heterocycles. The number of nitrogens with zero attached hydrogens (tertiary/aromatic N) is 2. The Bertz CT molecular complexity index is 589. The zero-order chi connectivity index (χ0) is 17.7. The zero-order valence-corrected chi connectivity index (χ0v) is 14.3. The predicted octanol–water partition coefficient (Wildman–Crippen LogP) is 2.70. The lowest BCUT2D eigenvalue weighted by Crippen LogP contribution is -2.43. The second-order valence-electron chi connectivity index (χ2n) is 6.80. The van der Waals surface area contributed by atoms with Crippen LogP contribution in [-0.2, 0) is 16.1 Å². The van der Waals surface area contributed by atoms with E-state index in [2.05, 4.69) is 4.98 Å². The van der Waals surface area contributed by atoms with Crippen molar-refractivity contribution in [1.29, 1.82) is 0 Å². The van der Waals surface area contributed by atoms with E-state index >= 15 is 0 Å². The molecule has 7 nitrogen and oxygen atoms in total. The number of rotatable bonds is 4. The van der Waals surface area contributed by atoms with Crippen LogP contribution >= 0.6 is 0 Å². The lowest BCUT2D eigenvalue weighted by molar-refractivity contribution is -0.0178. The first kappa shape index (κ1) is 18.2. The standard InChI is InChI=1S/C17H24N2O5/c1-17(2,3)24-16(22)19-9-7-13(8-10-19)23-11-12-5-4-6-14(18-12)15(20)21/h4-6,13H,7-11H2,1-3H3,(H,20,21). The first-order chi connectivity index (χ1) is 11.2. The maximum Gasteiger partial charge on any atom is 0.410 e. The van der Waals surface area contributed by atoms with Crippen molar-refractivity contribution in [2.45, 2.75) is 51.9 Å². The van der Waals surface area contributed by atoms with Gasteiger partial charge in [-0.05, 0) is 45.7 Å². The number of likely N-dealkylation sites (tertiary alicyclic amines) is 1. The number of hydrogen-bond acceptors (Lipinski definition) is 5. The SMILES string of the molecule is CC(C)(C)OC(=O)N1CCC(OCc2cccc(C(=O)O)n2)CC1. The van der Waals surface area contributed by atoms with Crippen molar-refractivity contribution >= 4 is 12.1 Å². The van der Waals surface area contributed by atoms with Gasteiger partial charge in [0.1, 0.15) is 11.3 Å². The highest BCUT2D eigenvalue weighted by atomic mass is 16.6. The minimum absolute atomic E-state index is 0.0100. The molecule has 1 saturated heterocycles. The molecule has 0 unspecified atom stereocenters. The summed E-state index contributed by atoms with van der Waals surface area (Å²) in [6, 6.07) is 4.84. The first-order valence-corrected chi connectivity index (χ1v) is 8.03. The van der Waals surface area contributed by atoms with Crippen LogP contribution in [0.1, 0.15) is 49.8 Å². The molecule has 2 rings (SSSR count). The van der Waals surface area contributed by atoms with Gasteiger partial charge in [-0.1, -0.05) is 6.07 Å². The number of carbonyl (C=O) groups excluding carboxylic acids is 1. The highest BCUT2D eigenvalue weighted by Crippen LogP contribution is 2.18. The Morgan fingerprint density at radius 1 is 1.29 bits per heavy atom. The number of amides is 1. The molecule has 1 amide bonds. The number of carboxylic acid groups (broad SMARTS) is 1. The Labute approximate surface area is 141 Å². The summed E-state index contributed by atoms with van der Waals surface area (Å²) < 4.78 is 11.2. The molecule has 132 valence electrons. The van der Waals surface area contributed by atoms with Crippen LogP contribution in [0.5, 0.6) is 0 Å². The van der Waals surface area contributed by atoms with Gasteiger partial charge in [-0.15, -0.1) is 0 Å². The average molecular weight is 336 g/mol. The Morgan fingerprint density at radius 2 is 1.96 bits per heavy atom. The molecular formula is C17H24N2O5. The van der Waals surface area contributed by atoms with Crippen LogP contribution in [-0.4, -0.2) is 51.8 Å². The summed E-state index contributed by atoms with van der Waals surface area (Å²) in [6.45, 7) is 6.97. The van der Waals surface area contributed by atoms with Gasteiger partial charge >= 0.3 is 12.1 Å². The van der Waals surface area contributed by atoms with Gasteiger partial charge in [0, 0.05) is 13.1 Å². The van der Waals surface area contributed by atoms with Crippen molar-refractivity contribution in [2.24, 2.45) is 0 Å². The summed E-state index contributed by atoms with van der Waals surface area (Å²) in [7, 11) is 0. The molecule has 0 atom stereocenters. The lowest BCUT2D eigenvalue weighted by Gasteiger charge is -2.33. The van der Waals surface area contributed by atoms with Crippen LogP contribution in [0.25, 0.3) is 0 Å². The molecule has 0 bridgehead atoms. The number of hydrogen-bond donors (Lipinski definition) is 1. The number of carboxylic acids is 1. The second kappa shape index (κ2) is 7.61. The predicted molar refractivity (Wildman–Crippen MR) is 86.8 cm³/mol. The normalized spacial score (nSPS) is 16.0. The summed E-state index contributed by atoms with van der Waals surface area (Å²) in [4.78, 5) is 28.6. The minimum atomic E-state index is -1.05. The van der Waals surface area contributed by atoms with E-state index in [9.17, 15) is 9.59 Å². The maximum absolute atomic E-state index is 12.0. The van der Waals surface area contributed by atoms with Gasteiger partial charge in [0.15, 0.2) is 0 Å². The fourth-order valence-electron chi connectivity index (χ4n) is 2.41. The fraction of sp³-hybridized carbons (Fsp3) is 0.588. The Morgan fingerprint density at radius 3 is 2.54 bits per heavy atom. The number of piperidine rings is 1. The number of pyridine rings is 1. The van der Waals surface area contributed by atoms with Crippen LogP contribution in [0.3, 0.4) is 0 Å². The van der Waals surface area contributed by atoms with Crippen LogP contribution in [0, 0.1) is 0 Å². The largest absolute Gasteiger partial charge is 0.477 e. The number of ether oxygens (including phenoxy) is 2. The van der Waals surface area contributed by atoms with Gasteiger partial charge in [0.25, 0.3) is 0 Å². The fourth-order valence-corrected chi connectivity index (χ4v) is 2.41. The van der Waals surface area contributed by atoms with E-state index in [0.717, 1.165) is 12.8 Å². The molecule has 24 heavy (non-hydrogen) atoms. The van der Waals surface area contributed by atoms with Gasteiger partial charge in [-0.3, -0.25) is 0 Å². The molecule has 0 spiro atoms. The summed E-state index contributed by atoms with van der Waals surface area (Å²) in [6.07, 6.45) is 1.17. The quantitative estimate of drug-likeness (QED) is 0.909. The zero-order valence-electron chi connectivity index (χ0n) is 14.3. The summed E-state index contributed by atoms with van der Waals surface area (Å²) in [5.74, 6) is -1.05. The monoisotopic (exact) mass is 336 g/mol. The van der Waals surface area contributed by atoms with Gasteiger partial charge in [-0.25, -0.2) is 14.6 Å². The Kier molecular flexibility index (Phi) is 5.77. The van der Waals surface area contributed by atoms with Crippen molar-refractivity contribution in [1.82, 2.24) is 9.88 Å². The molecule has 0 aliphatic carbocycles. The highest BCUT2D eigenvalue weighted by molar-refractivity contribution is 5.85. The minimum Gasteiger partial charge on any atom is -0.477 e. The van der Waals surface area contributed by atoms with E-state index in [-0.39, 0.29) is 24.5 Å². The van der Waals surface area contributed by atoms with Crippen molar-refractivity contribution in [3.05, 3.63) is 29.6 Å². The van der Waals surface area contributed by atoms with E-state index in [4.69, 9.17) is 14.6 Å². The summed E-state index contributed by atoms with van der Waals surface area (Å²) >= 11 is 0. The number of aromatic nitrogens is 1. The molecule has 1 fully saturated rings. The second-order valence-corrected chi connectivity index (χ2v) is 6.80. The Hall–Kier alpha value is -2.15. The molecule has 0 radical (unpaired) electrons. The Balaban J connectivity index is 1.78. The summed E-state index contributed by atoms with van der Waals surface area (Å²) in [5.41, 5.74) is 0.103. The topological polar surface area (TPSA) is 89.0 Å². The van der Waals surface area contributed by atoms with Crippen molar-refractivity contribution < 1.29 is 24.2 Å². The summed E-state index contributed by atoms with van der Waals surface area (Å²) in [5, 5.41) is 8.94. The van der Waals surface area contributed by atoms with E-state index in [1.807, 2.05) is 20.8 Å². The van der Waals surface area contributed by atoms with E-state index in [1.54, 1.807) is 17.0 Å². The third-order valence-electron chi connectivity index (χ3n) is 3.59. The van der Waals surface area contributed by atoms with Crippen molar-refractivity contribution in [2.75, 3.05) is 13.1 Å². The average Bonchev–Trinajstić information content (AvgIpc) is 2.52. The lowest BCUT2D eigenvalue weighted by atomic mass is 10.1. The third kappa shape index (κ3) is 5.49. The molecule has 0 saturated carbocycles. The van der Waals surface area contributed by atoms with Gasteiger partial charge in [-0.2, -0.15) is 0 Å². The first-order valence-electron chi connectivity index (χ1n) is 8.03. The molecular weight excluding hydrogens is 312 g/mol. The van der Waals surface area contributed by atoms with Crippen LogP contribution in [0.4, 0.5) is 4.79 Å². The molecule has 1 N–H and O–H groups in total. The number of aromatic carboxylic acids is 1. The molecule has 1 aliphatic heterocycles. The highest BCUT2D eigenvalue weighted by Gasteiger charge is 2.27. The smallest absolute Gasteiger partial charge is 0.410 e. The maximum atomic E-state index is 12.0. The van der Waals surface area contributed by atoms with Crippen LogP contribution in [0.2, 0.25) is 0 Å². The van der Waals surface area contributed by atoms with Crippen molar-refractivity contribution in [3.63, 3.8) is 0 Å². The van der Waals surface area contributed by atoms with Gasteiger partial charge < -0.3 is 19.5 Å². The molecule has 0 aromatic carbocycles. The van der Waals surface area contributed by atoms with Crippen LogP contribution < -0.4 is 0 Å². The van der Waals surface area contributed by atoms with Gasteiger partial charge in [0.2, 0.25) is 0 Å². The number of carbonyl (C=O) groups is 2. The third-order valence-corrected chi connectivity index (χ3v) is 3.59. The molecule has 1 aliphatic rings. The van der Waals surface area contributed by atoms with E-state index in [0.29, 0.717) is 18.8 Å². The van der Waals surface area contributed by atoms with Gasteiger partial charge in [0.05, 0.1) is 18.4 Å². The van der Waals surface area contributed by atoms with Crippen LogP contribution in [0.15, 0.2) is 18.2 Å². The van der Waals surface area contributed by atoms with Crippen molar-refractivity contribution in [3.8, 4) is 0 Å². The van der Waals surface area contributed by atoms with E-state index < -0.39 is 11.6 Å². The van der Waals surface area contributed by atoms with E-state index in [1.165, 1.54) is 6.07 Å². The molecule has 2 heterocycles. The molecule has 7 heteroatoms. The molecule has 1 aromatic rings.